The summed E-state index contributed by atoms with van der Waals surface area (Å²) in [5, 5.41) is 0.916. The van der Waals surface area contributed by atoms with Gasteiger partial charge >= 0.3 is 0 Å². The second-order valence-corrected chi connectivity index (χ2v) is 7.85. The number of aryl methyl sites for hydroxylation is 1. The van der Waals surface area contributed by atoms with Gasteiger partial charge in [-0.3, -0.25) is 14.7 Å². The second kappa shape index (κ2) is 8.93. The number of halogens is 1. The first-order chi connectivity index (χ1) is 14.5. The van der Waals surface area contributed by atoms with Crippen molar-refractivity contribution in [1.29, 1.82) is 0 Å². The molecular formula is C23H27FN4O2. The Kier molecular flexibility index (Phi) is 6.11. The molecule has 158 valence electrons. The van der Waals surface area contributed by atoms with Gasteiger partial charge < -0.3 is 14.2 Å². The summed E-state index contributed by atoms with van der Waals surface area (Å²) in [6, 6.07) is 10.7. The van der Waals surface area contributed by atoms with Gasteiger partial charge in [0.15, 0.2) is 0 Å². The Morgan fingerprint density at radius 3 is 3.00 bits per heavy atom. The quantitative estimate of drug-likeness (QED) is 0.627. The molecule has 1 amide bonds. The molecular weight excluding hydrogens is 383 g/mol. The van der Waals surface area contributed by atoms with Crippen LogP contribution in [0.15, 0.2) is 48.8 Å². The molecule has 1 fully saturated rings. The molecule has 0 aliphatic carbocycles. The second-order valence-electron chi connectivity index (χ2n) is 7.85. The average molecular weight is 410 g/mol. The zero-order chi connectivity index (χ0) is 21.1. The molecule has 1 saturated heterocycles. The van der Waals surface area contributed by atoms with Gasteiger partial charge in [-0.05, 0) is 35.9 Å². The van der Waals surface area contributed by atoms with Crippen LogP contribution in [0.5, 0.6) is 0 Å². The van der Waals surface area contributed by atoms with Crippen LogP contribution in [-0.2, 0) is 29.5 Å². The minimum absolute atomic E-state index is 0.0143. The molecule has 0 saturated carbocycles. The number of likely N-dealkylation sites (N-methyl/N-ethyl adjacent to an activating group) is 1. The molecule has 3 aromatic rings. The summed E-state index contributed by atoms with van der Waals surface area (Å²) in [7, 11) is 3.77. The number of morpholine rings is 1. The lowest BCUT2D eigenvalue weighted by atomic mass is 10.1. The molecule has 0 spiro atoms. The molecule has 1 aliphatic rings. The number of carbonyl (C=O) groups is 1. The maximum absolute atomic E-state index is 13.8. The van der Waals surface area contributed by atoms with E-state index in [2.05, 4.69) is 9.88 Å². The van der Waals surface area contributed by atoms with Gasteiger partial charge in [-0.2, -0.15) is 0 Å². The average Bonchev–Trinajstić information content (AvgIpc) is 3.06. The van der Waals surface area contributed by atoms with Gasteiger partial charge in [-0.15, -0.1) is 0 Å². The van der Waals surface area contributed by atoms with E-state index in [4.69, 9.17) is 4.74 Å². The molecule has 0 unspecified atom stereocenters. The largest absolute Gasteiger partial charge is 0.366 e. The number of hydrogen-bond donors (Lipinski definition) is 0. The highest BCUT2D eigenvalue weighted by molar-refractivity contribution is 5.84. The lowest BCUT2D eigenvalue weighted by Crippen LogP contribution is -2.50. The Hall–Kier alpha value is -2.77. The fourth-order valence-electron chi connectivity index (χ4n) is 3.99. The fourth-order valence-corrected chi connectivity index (χ4v) is 3.99. The third-order valence-corrected chi connectivity index (χ3v) is 5.66. The maximum atomic E-state index is 13.8. The van der Waals surface area contributed by atoms with Gasteiger partial charge in [0, 0.05) is 75.7 Å². The van der Waals surface area contributed by atoms with Crippen molar-refractivity contribution in [3.05, 3.63) is 65.9 Å². The van der Waals surface area contributed by atoms with Crippen LogP contribution in [0.4, 0.5) is 4.39 Å². The van der Waals surface area contributed by atoms with Crippen LogP contribution in [0.3, 0.4) is 0 Å². The molecule has 6 nitrogen and oxygen atoms in total. The van der Waals surface area contributed by atoms with E-state index in [1.807, 2.05) is 36.0 Å². The highest BCUT2D eigenvalue weighted by atomic mass is 19.1. The number of nitrogens with zero attached hydrogens (tertiary/aromatic N) is 4. The molecule has 1 atom stereocenters. The number of carbonyl (C=O) groups excluding carboxylic acids is 1. The zero-order valence-corrected chi connectivity index (χ0v) is 17.4. The van der Waals surface area contributed by atoms with E-state index in [0.717, 1.165) is 28.7 Å². The van der Waals surface area contributed by atoms with Gasteiger partial charge in [0.25, 0.3) is 5.91 Å². The highest BCUT2D eigenvalue weighted by Crippen LogP contribution is 2.24. The summed E-state index contributed by atoms with van der Waals surface area (Å²) < 4.78 is 21.6. The molecule has 0 radical (unpaired) electrons. The van der Waals surface area contributed by atoms with Crippen molar-refractivity contribution in [3.8, 4) is 0 Å². The molecule has 3 heterocycles. The maximum Gasteiger partial charge on any atom is 0.252 e. The molecule has 0 bridgehead atoms. The molecule has 1 aliphatic heterocycles. The molecule has 7 heteroatoms. The number of aromatic nitrogens is 2. The lowest BCUT2D eigenvalue weighted by Gasteiger charge is -2.34. The number of amides is 1. The molecule has 0 N–H and O–H groups in total. The van der Waals surface area contributed by atoms with Crippen molar-refractivity contribution in [1.82, 2.24) is 19.4 Å². The standard InChI is InChI=1S/C23H27FN4O2/c1-26(10-8-19-5-3-4-9-25-19)23(29)22-16-28(11-12-30-22)15-17-14-27(2)21-7-6-18(24)13-20(17)21/h3-7,9,13-14,22H,8,10-12,15-16H2,1-2H3/t22-/m1/s1. The number of benzene rings is 1. The first kappa shape index (κ1) is 20.5. The monoisotopic (exact) mass is 410 g/mol. The topological polar surface area (TPSA) is 50.6 Å². The molecule has 30 heavy (non-hydrogen) atoms. The summed E-state index contributed by atoms with van der Waals surface area (Å²) in [6.07, 6.45) is 4.02. The summed E-state index contributed by atoms with van der Waals surface area (Å²) >= 11 is 0. The molecule has 4 rings (SSSR count). The Morgan fingerprint density at radius 2 is 2.20 bits per heavy atom. The van der Waals surface area contributed by atoms with E-state index >= 15 is 0 Å². The third-order valence-electron chi connectivity index (χ3n) is 5.66. The van der Waals surface area contributed by atoms with E-state index in [-0.39, 0.29) is 11.7 Å². The number of pyridine rings is 1. The van der Waals surface area contributed by atoms with Crippen LogP contribution in [0.2, 0.25) is 0 Å². The van der Waals surface area contributed by atoms with Gasteiger partial charge in [0.1, 0.15) is 11.9 Å². The van der Waals surface area contributed by atoms with Crippen LogP contribution >= 0.6 is 0 Å². The molecule has 1 aromatic carbocycles. The van der Waals surface area contributed by atoms with E-state index in [1.54, 1.807) is 30.3 Å². The van der Waals surface area contributed by atoms with Gasteiger partial charge in [-0.25, -0.2) is 4.39 Å². The van der Waals surface area contributed by atoms with Crippen LogP contribution in [-0.4, -0.2) is 64.7 Å². The zero-order valence-electron chi connectivity index (χ0n) is 17.4. The van der Waals surface area contributed by atoms with Crippen molar-refractivity contribution in [2.45, 2.75) is 19.1 Å². The minimum atomic E-state index is -0.487. The SMILES string of the molecule is CN(CCc1ccccn1)C(=O)[C@H]1CN(Cc2cn(C)c3ccc(F)cc23)CCO1. The van der Waals surface area contributed by atoms with Crippen molar-refractivity contribution in [2.24, 2.45) is 7.05 Å². The van der Waals surface area contributed by atoms with Gasteiger partial charge in [0.05, 0.1) is 6.61 Å². The Labute approximate surface area is 175 Å². The first-order valence-corrected chi connectivity index (χ1v) is 10.2. The lowest BCUT2D eigenvalue weighted by molar-refractivity contribution is -0.148. The van der Waals surface area contributed by atoms with E-state index in [0.29, 0.717) is 32.7 Å². The highest BCUT2D eigenvalue weighted by Gasteiger charge is 2.29. The summed E-state index contributed by atoms with van der Waals surface area (Å²) in [6.45, 7) is 3.03. The van der Waals surface area contributed by atoms with Crippen molar-refractivity contribution in [2.75, 3.05) is 33.3 Å². The number of fused-ring (bicyclic) bond motifs is 1. The van der Waals surface area contributed by atoms with E-state index < -0.39 is 6.10 Å². The number of hydrogen-bond acceptors (Lipinski definition) is 4. The smallest absolute Gasteiger partial charge is 0.252 e. The molecule has 2 aromatic heterocycles. The van der Waals surface area contributed by atoms with Crippen LogP contribution in [0.1, 0.15) is 11.3 Å². The number of ether oxygens (including phenoxy) is 1. The normalized spacial score (nSPS) is 17.4. The van der Waals surface area contributed by atoms with Crippen LogP contribution < -0.4 is 0 Å². The minimum Gasteiger partial charge on any atom is -0.366 e. The Balaban J connectivity index is 1.38. The Morgan fingerprint density at radius 1 is 1.33 bits per heavy atom. The van der Waals surface area contributed by atoms with Crippen molar-refractivity contribution >= 4 is 16.8 Å². The van der Waals surface area contributed by atoms with Crippen LogP contribution in [0, 0.1) is 5.82 Å². The predicted octanol–water partition coefficient (Wildman–Crippen LogP) is 2.61. The Bertz CT molecular complexity index is 1020. The third kappa shape index (κ3) is 4.52. The summed E-state index contributed by atoms with van der Waals surface area (Å²) in [5.41, 5.74) is 3.02. The fraction of sp³-hybridized carbons (Fsp3) is 0.391. The van der Waals surface area contributed by atoms with Crippen LogP contribution in [0.25, 0.3) is 10.9 Å². The van der Waals surface area contributed by atoms with E-state index in [1.165, 1.54) is 6.07 Å². The summed E-state index contributed by atoms with van der Waals surface area (Å²) in [5.74, 6) is -0.251. The predicted molar refractivity (Wildman–Crippen MR) is 113 cm³/mol. The number of rotatable bonds is 6. The van der Waals surface area contributed by atoms with Crippen molar-refractivity contribution < 1.29 is 13.9 Å². The van der Waals surface area contributed by atoms with Gasteiger partial charge in [0.2, 0.25) is 0 Å². The van der Waals surface area contributed by atoms with Gasteiger partial charge in [-0.1, -0.05) is 6.07 Å². The van der Waals surface area contributed by atoms with E-state index in [9.17, 15) is 9.18 Å². The first-order valence-electron chi connectivity index (χ1n) is 10.2. The summed E-state index contributed by atoms with van der Waals surface area (Å²) in [4.78, 5) is 21.1. The van der Waals surface area contributed by atoms with Crippen molar-refractivity contribution in [3.63, 3.8) is 0 Å².